The fourth-order valence-corrected chi connectivity index (χ4v) is 4.05. The third-order valence-corrected chi connectivity index (χ3v) is 6.09. The maximum absolute atomic E-state index is 10.8. The lowest BCUT2D eigenvalue weighted by Crippen LogP contribution is -2.66. The average molecular weight is 504 g/mol. The van der Waals surface area contributed by atoms with Crippen LogP contribution in [0, 0.1) is 0 Å². The molecule has 0 radical (unpaired) electrons. The van der Waals surface area contributed by atoms with Gasteiger partial charge in [0.25, 0.3) is 0 Å². The van der Waals surface area contributed by atoms with Crippen molar-refractivity contribution >= 4 is 0 Å². The Labute approximate surface area is 192 Å². The van der Waals surface area contributed by atoms with Crippen LogP contribution in [-0.4, -0.2) is 168 Å². The second-order valence-electron chi connectivity index (χ2n) is 8.33. The molecule has 3 saturated heterocycles. The zero-order chi connectivity index (χ0) is 25.3. The van der Waals surface area contributed by atoms with Crippen molar-refractivity contribution in [3.8, 4) is 0 Å². The molecule has 3 aliphatic rings. The Bertz CT molecular complexity index is 637. The first-order valence-corrected chi connectivity index (χ1v) is 10.6. The molecule has 11 N–H and O–H groups in total. The fraction of sp³-hybridized carbons (Fsp3) is 1.00. The molecule has 3 heterocycles. The Kier molecular flexibility index (Phi) is 9.54. The molecule has 0 spiro atoms. The van der Waals surface area contributed by atoms with Crippen molar-refractivity contribution < 1.29 is 79.9 Å². The Morgan fingerprint density at radius 1 is 0.441 bits per heavy atom. The molecule has 0 amide bonds. The minimum atomic E-state index is -1.90. The van der Waals surface area contributed by atoms with Gasteiger partial charge in [0.1, 0.15) is 73.2 Å². The van der Waals surface area contributed by atoms with Gasteiger partial charge in [0.05, 0.1) is 19.8 Å². The van der Waals surface area contributed by atoms with Crippen LogP contribution in [-0.2, 0) is 23.7 Å². The van der Waals surface area contributed by atoms with Crippen LogP contribution < -0.4 is 0 Å². The Balaban J connectivity index is 1.78. The monoisotopic (exact) mass is 504 g/mol. The lowest BCUT2D eigenvalue weighted by atomic mass is 9.96. The molecule has 16 nitrogen and oxygen atoms in total. The Morgan fingerprint density at radius 3 is 1.50 bits per heavy atom. The van der Waals surface area contributed by atoms with Crippen LogP contribution in [0.3, 0.4) is 0 Å². The maximum Gasteiger partial charge on any atom is 0.187 e. The summed E-state index contributed by atoms with van der Waals surface area (Å²) >= 11 is 0. The predicted molar refractivity (Wildman–Crippen MR) is 101 cm³/mol. The molecule has 0 unspecified atom stereocenters. The van der Waals surface area contributed by atoms with E-state index in [9.17, 15) is 56.2 Å². The highest BCUT2D eigenvalue weighted by atomic mass is 16.7. The van der Waals surface area contributed by atoms with Crippen molar-refractivity contribution in [1.29, 1.82) is 0 Å². The summed E-state index contributed by atoms with van der Waals surface area (Å²) in [5, 5.41) is 109. The molecule has 3 fully saturated rings. The first-order chi connectivity index (χ1) is 16.0. The van der Waals surface area contributed by atoms with E-state index in [-0.39, 0.29) is 0 Å². The van der Waals surface area contributed by atoms with Crippen LogP contribution in [0.5, 0.6) is 0 Å². The zero-order valence-corrected chi connectivity index (χ0v) is 17.7. The largest absolute Gasteiger partial charge is 0.394 e. The molecule has 16 heteroatoms. The lowest BCUT2D eigenvalue weighted by Gasteiger charge is -2.47. The summed E-state index contributed by atoms with van der Waals surface area (Å²) < 4.78 is 26.4. The van der Waals surface area contributed by atoms with Crippen molar-refractivity contribution in [3.63, 3.8) is 0 Å². The van der Waals surface area contributed by atoms with Gasteiger partial charge in [-0.1, -0.05) is 0 Å². The summed E-state index contributed by atoms with van der Waals surface area (Å²) in [6.07, 6.45) is -25.4. The third-order valence-electron chi connectivity index (χ3n) is 6.09. The molecule has 0 aromatic rings. The van der Waals surface area contributed by atoms with E-state index in [1.807, 2.05) is 0 Å². The van der Waals surface area contributed by atoms with E-state index in [1.54, 1.807) is 0 Å². The summed E-state index contributed by atoms with van der Waals surface area (Å²) in [7, 11) is 0. The molecule has 0 aromatic heterocycles. The predicted octanol–water partition coefficient (Wildman–Crippen LogP) is -7.57. The van der Waals surface area contributed by atoms with E-state index in [0.717, 1.165) is 0 Å². The number of hydrogen-bond donors (Lipinski definition) is 11. The molecule has 0 bridgehead atoms. The molecule has 34 heavy (non-hydrogen) atoms. The van der Waals surface area contributed by atoms with E-state index < -0.39 is 112 Å². The van der Waals surface area contributed by atoms with Crippen molar-refractivity contribution in [2.45, 2.75) is 92.1 Å². The van der Waals surface area contributed by atoms with Gasteiger partial charge in [-0.05, 0) is 0 Å². The fourth-order valence-electron chi connectivity index (χ4n) is 4.05. The molecule has 200 valence electrons. The van der Waals surface area contributed by atoms with Gasteiger partial charge in [0.15, 0.2) is 18.9 Å². The van der Waals surface area contributed by atoms with Gasteiger partial charge in [-0.3, -0.25) is 0 Å². The first kappa shape index (κ1) is 27.9. The van der Waals surface area contributed by atoms with Crippen molar-refractivity contribution in [2.24, 2.45) is 0 Å². The van der Waals surface area contributed by atoms with E-state index in [4.69, 9.17) is 23.7 Å². The topological polar surface area (TPSA) is 269 Å². The van der Waals surface area contributed by atoms with Crippen LogP contribution in [0.4, 0.5) is 0 Å². The number of ether oxygens (including phenoxy) is 5. The highest BCUT2D eigenvalue weighted by molar-refractivity contribution is 4.96. The van der Waals surface area contributed by atoms with Gasteiger partial charge in [0.2, 0.25) is 0 Å². The van der Waals surface area contributed by atoms with Crippen LogP contribution in [0.15, 0.2) is 0 Å². The molecule has 15 atom stereocenters. The number of aliphatic hydroxyl groups excluding tert-OH is 11. The molecule has 3 rings (SSSR count). The molecular formula is C18H32O16. The first-order valence-electron chi connectivity index (χ1n) is 10.6. The Hall–Kier alpha value is -0.640. The molecular weight excluding hydrogens is 472 g/mol. The molecule has 0 saturated carbocycles. The minimum absolute atomic E-state index is 0.759. The van der Waals surface area contributed by atoms with Gasteiger partial charge < -0.3 is 79.9 Å². The summed E-state index contributed by atoms with van der Waals surface area (Å²) in [4.78, 5) is 0. The van der Waals surface area contributed by atoms with Crippen LogP contribution in [0.25, 0.3) is 0 Å². The SMILES string of the molecule is OC[C@H]1O[C@H](O[C@@H]2[C@H](O)[C@H](O[C@H]3[C@H](O)[C@@H](O)[C@H](O)O[C@@H]3CO)O[C@H](CO)[C@H]2O)[C@@H](O)[C@@H](O)[C@@H]1O. The number of hydrogen-bond acceptors (Lipinski definition) is 16. The van der Waals surface area contributed by atoms with Crippen LogP contribution in [0.1, 0.15) is 0 Å². The Morgan fingerprint density at radius 2 is 0.941 bits per heavy atom. The summed E-state index contributed by atoms with van der Waals surface area (Å²) in [5.41, 5.74) is 0. The van der Waals surface area contributed by atoms with E-state index in [2.05, 4.69) is 0 Å². The van der Waals surface area contributed by atoms with Crippen LogP contribution >= 0.6 is 0 Å². The van der Waals surface area contributed by atoms with Gasteiger partial charge >= 0.3 is 0 Å². The van der Waals surface area contributed by atoms with E-state index in [0.29, 0.717) is 0 Å². The van der Waals surface area contributed by atoms with Gasteiger partial charge in [0, 0.05) is 0 Å². The number of rotatable bonds is 7. The quantitative estimate of drug-likeness (QED) is 0.154. The third kappa shape index (κ3) is 5.37. The van der Waals surface area contributed by atoms with E-state index in [1.165, 1.54) is 0 Å². The van der Waals surface area contributed by atoms with Gasteiger partial charge in [-0.15, -0.1) is 0 Å². The zero-order valence-electron chi connectivity index (χ0n) is 17.7. The smallest absolute Gasteiger partial charge is 0.187 e. The summed E-state index contributed by atoms with van der Waals surface area (Å²) in [6, 6.07) is 0. The van der Waals surface area contributed by atoms with Crippen molar-refractivity contribution in [1.82, 2.24) is 0 Å². The molecule has 3 aliphatic heterocycles. The summed E-state index contributed by atoms with van der Waals surface area (Å²) in [5.74, 6) is 0. The second-order valence-corrected chi connectivity index (χ2v) is 8.33. The summed E-state index contributed by atoms with van der Waals surface area (Å²) in [6.45, 7) is -2.34. The van der Waals surface area contributed by atoms with Crippen molar-refractivity contribution in [2.75, 3.05) is 19.8 Å². The molecule has 0 aromatic carbocycles. The van der Waals surface area contributed by atoms with Crippen molar-refractivity contribution in [3.05, 3.63) is 0 Å². The standard InChI is InChI=1S/C18H32O16/c19-1-4-7(22)9(24)12(27)17(31-4)34-15-8(23)5(2-20)32-18(13(15)28)33-14-6(3-21)30-16(29)11(26)10(14)25/h4-29H,1-3H2/t4-,5-,6-,7-,8-,9+,10-,11-,12+,13+,14-,15+,16-,17-,18+/m1/s1. The van der Waals surface area contributed by atoms with Gasteiger partial charge in [-0.25, -0.2) is 0 Å². The minimum Gasteiger partial charge on any atom is -0.394 e. The van der Waals surface area contributed by atoms with E-state index >= 15 is 0 Å². The second kappa shape index (κ2) is 11.6. The maximum atomic E-state index is 10.8. The highest BCUT2D eigenvalue weighted by Crippen LogP contribution is 2.32. The molecule has 0 aliphatic carbocycles. The average Bonchev–Trinajstić information content (AvgIpc) is 2.83. The normalized spacial score (nSPS) is 52.5. The lowest BCUT2D eigenvalue weighted by molar-refractivity contribution is -0.378. The van der Waals surface area contributed by atoms with Crippen LogP contribution in [0.2, 0.25) is 0 Å². The highest BCUT2D eigenvalue weighted by Gasteiger charge is 2.53. The number of aliphatic hydroxyl groups is 11. The van der Waals surface area contributed by atoms with Gasteiger partial charge in [-0.2, -0.15) is 0 Å².